The summed E-state index contributed by atoms with van der Waals surface area (Å²) >= 11 is 7.05. The zero-order valence-electron chi connectivity index (χ0n) is 13.4. The molecule has 1 aromatic heterocycles. The van der Waals surface area contributed by atoms with Crippen LogP contribution in [0.15, 0.2) is 59.1 Å². The van der Waals surface area contributed by atoms with Crippen LogP contribution in [0.25, 0.3) is 0 Å². The van der Waals surface area contributed by atoms with Crippen molar-refractivity contribution in [1.82, 2.24) is 4.98 Å². The lowest BCUT2D eigenvalue weighted by Gasteiger charge is -2.30. The molecule has 9 heteroatoms. The van der Waals surface area contributed by atoms with Crippen LogP contribution < -0.4 is 4.31 Å². The average Bonchev–Trinajstić information content (AvgIpc) is 3.13. The van der Waals surface area contributed by atoms with E-state index in [2.05, 4.69) is 4.98 Å². The van der Waals surface area contributed by atoms with Gasteiger partial charge in [-0.3, -0.25) is 9.29 Å². The van der Waals surface area contributed by atoms with E-state index in [1.54, 1.807) is 12.4 Å². The summed E-state index contributed by atoms with van der Waals surface area (Å²) in [6, 6.07) is 7.39. The van der Waals surface area contributed by atoms with E-state index in [1.807, 2.05) is 0 Å². The van der Waals surface area contributed by atoms with Gasteiger partial charge in [0, 0.05) is 22.2 Å². The number of anilines is 1. The van der Waals surface area contributed by atoms with Crippen LogP contribution in [0.3, 0.4) is 0 Å². The third-order valence-corrected chi connectivity index (χ3v) is 6.83. The highest BCUT2D eigenvalue weighted by molar-refractivity contribution is 7.92. The molecule has 0 saturated carbocycles. The fraction of sp³-hybridized carbons (Fsp3) is 0.118. The van der Waals surface area contributed by atoms with Crippen molar-refractivity contribution < 1.29 is 17.2 Å². The van der Waals surface area contributed by atoms with Crippen molar-refractivity contribution in [2.75, 3.05) is 4.31 Å². The van der Waals surface area contributed by atoms with Crippen molar-refractivity contribution in [1.29, 1.82) is 0 Å². The topological polar surface area (TPSA) is 50.3 Å². The molecule has 1 atom stereocenters. The zero-order chi connectivity index (χ0) is 18.9. The van der Waals surface area contributed by atoms with E-state index >= 15 is 0 Å². The third-order valence-electron chi connectivity index (χ3n) is 3.73. The van der Waals surface area contributed by atoms with E-state index in [1.165, 1.54) is 41.8 Å². The summed E-state index contributed by atoms with van der Waals surface area (Å²) in [5.41, 5.74) is 1.17. The number of halogens is 3. The van der Waals surface area contributed by atoms with Crippen molar-refractivity contribution in [3.05, 3.63) is 75.7 Å². The van der Waals surface area contributed by atoms with Crippen molar-refractivity contribution >= 4 is 38.6 Å². The van der Waals surface area contributed by atoms with Crippen LogP contribution in [0.5, 0.6) is 0 Å². The monoisotopic (exact) mass is 414 g/mol. The number of hydrogen-bond donors (Lipinski definition) is 0. The molecule has 0 aliphatic rings. The highest BCUT2D eigenvalue weighted by atomic mass is 35.5. The number of aromatic nitrogens is 1. The maximum Gasteiger partial charge on any atom is 0.264 e. The van der Waals surface area contributed by atoms with Gasteiger partial charge in [-0.15, -0.1) is 11.3 Å². The Kier molecular flexibility index (Phi) is 5.27. The largest absolute Gasteiger partial charge is 0.264 e. The molecule has 1 heterocycles. The molecule has 3 rings (SSSR count). The Balaban J connectivity index is 2.20. The summed E-state index contributed by atoms with van der Waals surface area (Å²) in [5.74, 6) is -1.59. The third kappa shape index (κ3) is 3.58. The normalized spacial score (nSPS) is 12.8. The highest BCUT2D eigenvalue weighted by Crippen LogP contribution is 2.36. The van der Waals surface area contributed by atoms with Crippen molar-refractivity contribution in [2.45, 2.75) is 17.9 Å². The molecule has 0 aliphatic carbocycles. The quantitative estimate of drug-likeness (QED) is 0.588. The summed E-state index contributed by atoms with van der Waals surface area (Å²) in [5, 5.41) is 0.364. The van der Waals surface area contributed by atoms with Crippen molar-refractivity contribution in [2.24, 2.45) is 0 Å². The van der Waals surface area contributed by atoms with E-state index in [9.17, 15) is 17.2 Å². The number of rotatable bonds is 5. The highest BCUT2D eigenvalue weighted by Gasteiger charge is 2.33. The lowest BCUT2D eigenvalue weighted by atomic mass is 10.2. The Morgan fingerprint density at radius 3 is 2.46 bits per heavy atom. The van der Waals surface area contributed by atoms with Gasteiger partial charge in [0.2, 0.25) is 0 Å². The van der Waals surface area contributed by atoms with Crippen LogP contribution in [-0.4, -0.2) is 13.4 Å². The summed E-state index contributed by atoms with van der Waals surface area (Å²) in [4.78, 5) is 4.44. The van der Waals surface area contributed by atoms with Crippen LogP contribution >= 0.6 is 22.9 Å². The standard InChI is InChI=1S/C17H13ClF2N2O2S2/c1-11(17-9-21-10-25-17)22(16-8-13(19)4-7-15(16)20)26(23,24)14-5-2-12(18)3-6-14/h2-11H,1H3. The minimum Gasteiger partial charge on any atom is -0.255 e. The first-order valence-electron chi connectivity index (χ1n) is 7.44. The number of sulfonamides is 1. The maximum atomic E-state index is 14.4. The predicted octanol–water partition coefficient (Wildman–Crippen LogP) is 5.03. The summed E-state index contributed by atoms with van der Waals surface area (Å²) in [6.45, 7) is 1.59. The van der Waals surface area contributed by atoms with Gasteiger partial charge in [0.1, 0.15) is 11.6 Å². The molecule has 0 aliphatic heterocycles. The molecule has 2 aromatic carbocycles. The minimum absolute atomic E-state index is 0.0815. The molecule has 0 fully saturated rings. The van der Waals surface area contributed by atoms with Gasteiger partial charge < -0.3 is 0 Å². The lowest BCUT2D eigenvalue weighted by Crippen LogP contribution is -2.34. The molecule has 4 nitrogen and oxygen atoms in total. The molecule has 0 spiro atoms. The maximum absolute atomic E-state index is 14.4. The van der Waals surface area contributed by atoms with E-state index < -0.39 is 27.7 Å². The summed E-state index contributed by atoms with van der Waals surface area (Å²) in [7, 11) is -4.19. The first-order chi connectivity index (χ1) is 12.3. The van der Waals surface area contributed by atoms with Gasteiger partial charge >= 0.3 is 0 Å². The fourth-order valence-electron chi connectivity index (χ4n) is 2.47. The molecule has 0 bridgehead atoms. The zero-order valence-corrected chi connectivity index (χ0v) is 15.8. The summed E-state index contributed by atoms with van der Waals surface area (Å²) < 4.78 is 55.5. The van der Waals surface area contributed by atoms with Crippen molar-refractivity contribution in [3.63, 3.8) is 0 Å². The molecule has 136 valence electrons. The van der Waals surface area contributed by atoms with E-state index in [-0.39, 0.29) is 10.6 Å². The second-order valence-corrected chi connectivity index (χ2v) is 8.60. The Morgan fingerprint density at radius 2 is 1.85 bits per heavy atom. The van der Waals surface area contributed by atoms with E-state index in [0.29, 0.717) is 9.90 Å². The van der Waals surface area contributed by atoms with Crippen molar-refractivity contribution in [3.8, 4) is 0 Å². The molecule has 0 N–H and O–H groups in total. The minimum atomic E-state index is -4.19. The predicted molar refractivity (Wildman–Crippen MR) is 98.0 cm³/mol. The van der Waals surface area contributed by atoms with Crippen LogP contribution in [-0.2, 0) is 10.0 Å². The number of nitrogens with zero attached hydrogens (tertiary/aromatic N) is 2. The molecule has 0 amide bonds. The van der Waals surface area contributed by atoms with Crippen LogP contribution in [0.4, 0.5) is 14.5 Å². The van der Waals surface area contributed by atoms with Crippen LogP contribution in [0.2, 0.25) is 5.02 Å². The molecule has 1 unspecified atom stereocenters. The SMILES string of the molecule is CC(c1cncs1)N(c1cc(F)ccc1F)S(=O)(=O)c1ccc(Cl)cc1. The van der Waals surface area contributed by atoms with Gasteiger partial charge in [0.15, 0.2) is 0 Å². The number of benzene rings is 2. The van der Waals surface area contributed by atoms with Gasteiger partial charge in [-0.1, -0.05) is 11.6 Å². The molecule has 0 radical (unpaired) electrons. The van der Waals surface area contributed by atoms with Gasteiger partial charge in [-0.2, -0.15) is 0 Å². The number of hydrogen-bond acceptors (Lipinski definition) is 4. The first kappa shape index (κ1) is 18.8. The van der Waals surface area contributed by atoms with Gasteiger partial charge in [0.25, 0.3) is 10.0 Å². The Morgan fingerprint density at radius 1 is 1.15 bits per heavy atom. The Hall–Kier alpha value is -2.03. The number of thiazole rings is 1. The molecular formula is C17H13ClF2N2O2S2. The molecule has 26 heavy (non-hydrogen) atoms. The second kappa shape index (κ2) is 7.30. The van der Waals surface area contributed by atoms with Gasteiger partial charge in [-0.25, -0.2) is 17.2 Å². The van der Waals surface area contributed by atoms with Gasteiger partial charge in [0.05, 0.1) is 22.1 Å². The molecular weight excluding hydrogens is 402 g/mol. The molecule has 3 aromatic rings. The fourth-order valence-corrected chi connectivity index (χ4v) is 4.96. The lowest BCUT2D eigenvalue weighted by molar-refractivity contribution is 0.571. The van der Waals surface area contributed by atoms with Crippen LogP contribution in [0.1, 0.15) is 17.8 Å². The summed E-state index contributed by atoms with van der Waals surface area (Å²) in [6.07, 6.45) is 1.50. The first-order valence-corrected chi connectivity index (χ1v) is 10.1. The Labute approximate surface area is 158 Å². The second-order valence-electron chi connectivity index (χ2n) is 5.43. The average molecular weight is 415 g/mol. The van der Waals surface area contributed by atoms with Gasteiger partial charge in [-0.05, 0) is 43.3 Å². The molecule has 0 saturated heterocycles. The van der Waals surface area contributed by atoms with Crippen LogP contribution in [0, 0.1) is 11.6 Å². The smallest absolute Gasteiger partial charge is 0.255 e. The van der Waals surface area contributed by atoms with E-state index in [4.69, 9.17) is 11.6 Å². The Bertz CT molecular complexity index is 1010. The van der Waals surface area contributed by atoms with E-state index in [0.717, 1.165) is 22.5 Å².